The minimum atomic E-state index is 0.423. The Morgan fingerprint density at radius 2 is 1.89 bits per heavy atom. The van der Waals surface area contributed by atoms with Gasteiger partial charge in [-0.05, 0) is 37.0 Å². The highest BCUT2D eigenvalue weighted by Crippen LogP contribution is 2.42. The third-order valence-electron chi connectivity index (χ3n) is 4.11. The van der Waals surface area contributed by atoms with Crippen molar-refractivity contribution in [3.63, 3.8) is 0 Å². The van der Waals surface area contributed by atoms with Crippen molar-refractivity contribution in [3.05, 3.63) is 11.7 Å². The molecule has 1 heterocycles. The molecule has 0 bridgehead atoms. The topological polar surface area (TPSA) is 38.9 Å². The SMILES string of the molecule is CC(C)(C)C1CCC(c2noc(CCCl)n2)CC1. The molecule has 0 radical (unpaired) electrons. The molecule has 0 aromatic carbocycles. The molecule has 0 unspecified atom stereocenters. The zero-order chi connectivity index (χ0) is 13.2. The number of nitrogens with zero attached hydrogens (tertiary/aromatic N) is 2. The number of aromatic nitrogens is 2. The molecule has 18 heavy (non-hydrogen) atoms. The third-order valence-corrected chi connectivity index (χ3v) is 4.30. The van der Waals surface area contributed by atoms with Crippen LogP contribution in [0.1, 0.15) is 64.1 Å². The number of hydrogen-bond acceptors (Lipinski definition) is 3. The molecule has 2 rings (SSSR count). The van der Waals surface area contributed by atoms with E-state index < -0.39 is 0 Å². The summed E-state index contributed by atoms with van der Waals surface area (Å²) in [7, 11) is 0. The van der Waals surface area contributed by atoms with Gasteiger partial charge in [0.2, 0.25) is 5.89 Å². The van der Waals surface area contributed by atoms with E-state index in [2.05, 4.69) is 30.9 Å². The first-order chi connectivity index (χ1) is 8.50. The molecule has 0 N–H and O–H groups in total. The van der Waals surface area contributed by atoms with E-state index in [0.29, 0.717) is 29.5 Å². The lowest BCUT2D eigenvalue weighted by Gasteiger charge is -2.36. The van der Waals surface area contributed by atoms with Crippen molar-refractivity contribution >= 4 is 11.6 Å². The van der Waals surface area contributed by atoms with Crippen molar-refractivity contribution in [2.24, 2.45) is 11.3 Å². The molecule has 1 aliphatic rings. The van der Waals surface area contributed by atoms with Crippen LogP contribution in [-0.4, -0.2) is 16.0 Å². The highest BCUT2D eigenvalue weighted by Gasteiger charge is 2.31. The number of hydrogen-bond donors (Lipinski definition) is 0. The Hall–Kier alpha value is -0.570. The van der Waals surface area contributed by atoms with Gasteiger partial charge in [0.05, 0.1) is 0 Å². The second-order valence-corrected chi connectivity index (χ2v) is 6.78. The average Bonchev–Trinajstić information content (AvgIpc) is 2.77. The van der Waals surface area contributed by atoms with Crippen molar-refractivity contribution < 1.29 is 4.52 Å². The van der Waals surface area contributed by atoms with Crippen LogP contribution in [0, 0.1) is 11.3 Å². The van der Waals surface area contributed by atoms with Crippen molar-refractivity contribution in [2.75, 3.05) is 5.88 Å². The summed E-state index contributed by atoms with van der Waals surface area (Å²) < 4.78 is 5.21. The minimum Gasteiger partial charge on any atom is -0.339 e. The van der Waals surface area contributed by atoms with Crippen LogP contribution < -0.4 is 0 Å². The van der Waals surface area contributed by atoms with E-state index in [1.807, 2.05) is 0 Å². The predicted octanol–water partition coefficient (Wildman–Crippen LogP) is 4.17. The molecule has 0 saturated heterocycles. The number of aryl methyl sites for hydroxylation is 1. The van der Waals surface area contributed by atoms with E-state index in [9.17, 15) is 0 Å². The van der Waals surface area contributed by atoms with Crippen molar-refractivity contribution in [2.45, 2.75) is 58.8 Å². The summed E-state index contributed by atoms with van der Waals surface area (Å²) in [5.41, 5.74) is 0.423. The van der Waals surface area contributed by atoms with Crippen LogP contribution in [0.3, 0.4) is 0 Å². The molecule has 3 nitrogen and oxygen atoms in total. The molecule has 1 aliphatic carbocycles. The summed E-state index contributed by atoms with van der Waals surface area (Å²) in [5, 5.41) is 4.10. The zero-order valence-corrected chi connectivity index (χ0v) is 12.3. The van der Waals surface area contributed by atoms with Crippen LogP contribution in [0.5, 0.6) is 0 Å². The zero-order valence-electron chi connectivity index (χ0n) is 11.6. The van der Waals surface area contributed by atoms with Gasteiger partial charge in [0.15, 0.2) is 5.82 Å². The summed E-state index contributed by atoms with van der Waals surface area (Å²) in [5.74, 6) is 3.41. The van der Waals surface area contributed by atoms with E-state index in [4.69, 9.17) is 16.1 Å². The number of halogens is 1. The number of alkyl halides is 1. The second-order valence-electron chi connectivity index (χ2n) is 6.40. The monoisotopic (exact) mass is 270 g/mol. The molecule has 1 fully saturated rings. The Kier molecular flexibility index (Phi) is 4.31. The highest BCUT2D eigenvalue weighted by atomic mass is 35.5. The van der Waals surface area contributed by atoms with Crippen molar-refractivity contribution in [1.82, 2.24) is 10.1 Å². The quantitative estimate of drug-likeness (QED) is 0.774. The van der Waals surface area contributed by atoms with Crippen LogP contribution in [0.2, 0.25) is 0 Å². The van der Waals surface area contributed by atoms with Gasteiger partial charge in [-0.1, -0.05) is 25.9 Å². The van der Waals surface area contributed by atoms with E-state index in [0.717, 1.165) is 11.7 Å². The molecule has 0 atom stereocenters. The van der Waals surface area contributed by atoms with Crippen LogP contribution in [0.4, 0.5) is 0 Å². The minimum absolute atomic E-state index is 0.423. The normalized spacial score (nSPS) is 25.3. The van der Waals surface area contributed by atoms with Gasteiger partial charge in [-0.15, -0.1) is 11.6 Å². The van der Waals surface area contributed by atoms with Gasteiger partial charge in [-0.25, -0.2) is 0 Å². The van der Waals surface area contributed by atoms with Gasteiger partial charge in [0.25, 0.3) is 0 Å². The third kappa shape index (κ3) is 3.25. The maximum atomic E-state index is 5.67. The lowest BCUT2D eigenvalue weighted by Crippen LogP contribution is -2.25. The first-order valence-corrected chi connectivity index (χ1v) is 7.42. The molecule has 4 heteroatoms. The first kappa shape index (κ1) is 13.9. The maximum Gasteiger partial charge on any atom is 0.227 e. The van der Waals surface area contributed by atoms with Crippen LogP contribution in [0.15, 0.2) is 4.52 Å². The van der Waals surface area contributed by atoms with Gasteiger partial charge < -0.3 is 4.52 Å². The smallest absolute Gasteiger partial charge is 0.227 e. The standard InChI is InChI=1S/C14H23ClN2O/c1-14(2,3)11-6-4-10(5-7-11)13-16-12(8-9-15)18-17-13/h10-11H,4-9H2,1-3H3. The van der Waals surface area contributed by atoms with Gasteiger partial charge in [-0.2, -0.15) is 4.98 Å². The van der Waals surface area contributed by atoms with E-state index >= 15 is 0 Å². The Morgan fingerprint density at radius 1 is 1.22 bits per heavy atom. The number of rotatable bonds is 3. The summed E-state index contributed by atoms with van der Waals surface area (Å²) >= 11 is 5.67. The Labute approximate surface area is 114 Å². The molecule has 1 saturated carbocycles. The van der Waals surface area contributed by atoms with Gasteiger partial charge in [0.1, 0.15) is 0 Å². The molecular weight excluding hydrogens is 248 g/mol. The molecule has 102 valence electrons. The van der Waals surface area contributed by atoms with Crippen molar-refractivity contribution in [1.29, 1.82) is 0 Å². The fourth-order valence-electron chi connectivity index (χ4n) is 2.83. The molecular formula is C14H23ClN2O. The molecule has 0 aliphatic heterocycles. The first-order valence-electron chi connectivity index (χ1n) is 6.89. The fraction of sp³-hybridized carbons (Fsp3) is 0.857. The van der Waals surface area contributed by atoms with Gasteiger partial charge in [-0.3, -0.25) is 0 Å². The predicted molar refractivity (Wildman–Crippen MR) is 72.9 cm³/mol. The maximum absolute atomic E-state index is 5.67. The Morgan fingerprint density at radius 3 is 2.44 bits per heavy atom. The Bertz CT molecular complexity index is 375. The molecule has 0 spiro atoms. The average molecular weight is 271 g/mol. The lowest BCUT2D eigenvalue weighted by atomic mass is 9.70. The van der Waals surface area contributed by atoms with Crippen LogP contribution in [-0.2, 0) is 6.42 Å². The fourth-order valence-corrected chi connectivity index (χ4v) is 3.00. The van der Waals surface area contributed by atoms with E-state index in [-0.39, 0.29) is 0 Å². The summed E-state index contributed by atoms with van der Waals surface area (Å²) in [6, 6.07) is 0. The van der Waals surface area contributed by atoms with Crippen LogP contribution >= 0.6 is 11.6 Å². The van der Waals surface area contributed by atoms with E-state index in [1.165, 1.54) is 25.7 Å². The summed E-state index contributed by atoms with van der Waals surface area (Å²) in [6.45, 7) is 7.01. The largest absolute Gasteiger partial charge is 0.339 e. The van der Waals surface area contributed by atoms with E-state index in [1.54, 1.807) is 0 Å². The second kappa shape index (κ2) is 5.60. The lowest BCUT2D eigenvalue weighted by molar-refractivity contribution is 0.166. The Balaban J connectivity index is 1.92. The van der Waals surface area contributed by atoms with Gasteiger partial charge in [0, 0.05) is 18.2 Å². The van der Waals surface area contributed by atoms with Crippen molar-refractivity contribution in [3.8, 4) is 0 Å². The summed E-state index contributed by atoms with van der Waals surface area (Å²) in [6.07, 6.45) is 5.58. The van der Waals surface area contributed by atoms with Crippen LogP contribution in [0.25, 0.3) is 0 Å². The highest BCUT2D eigenvalue weighted by molar-refractivity contribution is 6.17. The molecule has 1 aromatic heterocycles. The summed E-state index contributed by atoms with van der Waals surface area (Å²) in [4.78, 5) is 4.45. The molecule has 0 amide bonds. The van der Waals surface area contributed by atoms with Gasteiger partial charge >= 0.3 is 0 Å². The molecule has 1 aromatic rings.